The van der Waals surface area contributed by atoms with Crippen LogP contribution in [-0.4, -0.2) is 54.8 Å². The summed E-state index contributed by atoms with van der Waals surface area (Å²) in [6, 6.07) is 5.96. The van der Waals surface area contributed by atoms with Crippen molar-refractivity contribution < 1.29 is 14.3 Å². The van der Waals surface area contributed by atoms with Crippen LogP contribution >= 0.6 is 0 Å². The Bertz CT molecular complexity index is 868. The van der Waals surface area contributed by atoms with Crippen LogP contribution in [0.15, 0.2) is 28.8 Å². The number of carbonyl (C=O) groups excluding carboxylic acids is 2. The van der Waals surface area contributed by atoms with Gasteiger partial charge in [-0.05, 0) is 18.4 Å². The van der Waals surface area contributed by atoms with E-state index >= 15 is 0 Å². The van der Waals surface area contributed by atoms with Crippen molar-refractivity contribution in [2.45, 2.75) is 38.8 Å². The molecule has 7 heteroatoms. The van der Waals surface area contributed by atoms with Crippen LogP contribution in [0.2, 0.25) is 0 Å². The van der Waals surface area contributed by atoms with Crippen molar-refractivity contribution in [1.29, 1.82) is 0 Å². The number of fused-ring (bicyclic) bond motifs is 1. The van der Waals surface area contributed by atoms with E-state index in [1.54, 1.807) is 11.8 Å². The highest BCUT2D eigenvalue weighted by Gasteiger charge is 2.29. The van der Waals surface area contributed by atoms with Crippen LogP contribution in [0, 0.1) is 0 Å². The average Bonchev–Trinajstić information content (AvgIpc) is 3.09. The van der Waals surface area contributed by atoms with Gasteiger partial charge in [-0.15, -0.1) is 0 Å². The Hall–Kier alpha value is -2.67. The fourth-order valence-electron chi connectivity index (χ4n) is 4.11. The standard InChI is InChI=1S/C21H26N4O3/c1-13(26)25-8-5-18(24-15-6-9-28-10-7-15)17(12-25)20(22)16-4-2-3-14-11-23-21(27)19(14)16/h2-4,15H,5-12,22H2,1H3,(H,23,27). The number of amides is 2. The Morgan fingerprint density at radius 2 is 2.11 bits per heavy atom. The van der Waals surface area contributed by atoms with Gasteiger partial charge in [0.05, 0.1) is 11.6 Å². The van der Waals surface area contributed by atoms with Crippen LogP contribution in [0.1, 0.15) is 47.7 Å². The molecule has 2 fully saturated rings. The van der Waals surface area contributed by atoms with Gasteiger partial charge in [-0.25, -0.2) is 0 Å². The lowest BCUT2D eigenvalue weighted by molar-refractivity contribution is -0.128. The summed E-state index contributed by atoms with van der Waals surface area (Å²) in [6.45, 7) is 4.61. The third kappa shape index (κ3) is 3.54. The minimum Gasteiger partial charge on any atom is -0.398 e. The van der Waals surface area contributed by atoms with Crippen LogP contribution in [-0.2, 0) is 16.1 Å². The van der Waals surface area contributed by atoms with Crippen molar-refractivity contribution in [3.8, 4) is 0 Å². The lowest BCUT2D eigenvalue weighted by Crippen LogP contribution is -2.40. The molecule has 3 heterocycles. The molecule has 0 aliphatic carbocycles. The monoisotopic (exact) mass is 382 g/mol. The maximum Gasteiger partial charge on any atom is 0.252 e. The number of nitrogens with zero attached hydrogens (tertiary/aromatic N) is 2. The first-order chi connectivity index (χ1) is 13.5. The maximum absolute atomic E-state index is 12.3. The van der Waals surface area contributed by atoms with Crippen LogP contribution in [0.4, 0.5) is 0 Å². The number of piperidine rings is 1. The molecule has 0 spiro atoms. The molecule has 0 aromatic heterocycles. The molecule has 2 amide bonds. The highest BCUT2D eigenvalue weighted by atomic mass is 16.5. The topological polar surface area (TPSA) is 97.0 Å². The van der Waals surface area contributed by atoms with E-state index in [2.05, 4.69) is 5.32 Å². The third-order valence-corrected chi connectivity index (χ3v) is 5.72. The lowest BCUT2D eigenvalue weighted by atomic mass is 9.92. The van der Waals surface area contributed by atoms with E-state index in [9.17, 15) is 9.59 Å². The van der Waals surface area contributed by atoms with Gasteiger partial charge < -0.3 is 20.7 Å². The first-order valence-electron chi connectivity index (χ1n) is 9.84. The van der Waals surface area contributed by atoms with Crippen LogP contribution in [0.5, 0.6) is 0 Å². The minimum absolute atomic E-state index is 0.0199. The first kappa shape index (κ1) is 18.7. The predicted octanol–water partition coefficient (Wildman–Crippen LogP) is 1.47. The molecule has 28 heavy (non-hydrogen) atoms. The normalized spacial score (nSPS) is 23.5. The Kier molecular flexibility index (Phi) is 5.17. The number of hydrogen-bond acceptors (Lipinski definition) is 5. The van der Waals surface area contributed by atoms with E-state index in [1.165, 1.54) is 0 Å². The molecule has 0 atom stereocenters. The van der Waals surface area contributed by atoms with Crippen molar-refractivity contribution in [3.63, 3.8) is 0 Å². The molecule has 1 aromatic carbocycles. The molecule has 3 N–H and O–H groups in total. The molecule has 7 nitrogen and oxygen atoms in total. The maximum atomic E-state index is 12.3. The van der Waals surface area contributed by atoms with Crippen LogP contribution in [0.3, 0.4) is 0 Å². The SMILES string of the molecule is CC(=O)N1CCC(=NC2CCOCC2)C(=C(N)c2cccc3c2C(=O)NC3)C1. The van der Waals surface area contributed by atoms with Crippen molar-refractivity contribution in [3.05, 3.63) is 40.5 Å². The summed E-state index contributed by atoms with van der Waals surface area (Å²) in [5.74, 6) is -0.0808. The van der Waals surface area contributed by atoms with Gasteiger partial charge in [-0.1, -0.05) is 18.2 Å². The molecular formula is C21H26N4O3. The lowest BCUT2D eigenvalue weighted by Gasteiger charge is -2.31. The van der Waals surface area contributed by atoms with E-state index in [0.29, 0.717) is 37.3 Å². The molecule has 3 aliphatic rings. The van der Waals surface area contributed by atoms with Gasteiger partial charge in [0, 0.05) is 68.7 Å². The van der Waals surface area contributed by atoms with Gasteiger partial charge in [0.15, 0.2) is 0 Å². The number of carbonyl (C=O) groups is 2. The van der Waals surface area contributed by atoms with E-state index in [1.807, 2.05) is 18.2 Å². The summed E-state index contributed by atoms with van der Waals surface area (Å²) in [7, 11) is 0. The zero-order valence-electron chi connectivity index (χ0n) is 16.2. The van der Waals surface area contributed by atoms with Gasteiger partial charge >= 0.3 is 0 Å². The van der Waals surface area contributed by atoms with Gasteiger partial charge in [0.1, 0.15) is 0 Å². The smallest absolute Gasteiger partial charge is 0.252 e. The summed E-state index contributed by atoms with van der Waals surface area (Å²) in [4.78, 5) is 31.1. The quantitative estimate of drug-likeness (QED) is 0.809. The summed E-state index contributed by atoms with van der Waals surface area (Å²) in [6.07, 6.45) is 2.47. The van der Waals surface area contributed by atoms with E-state index < -0.39 is 0 Å². The van der Waals surface area contributed by atoms with Crippen molar-refractivity contribution in [2.24, 2.45) is 10.7 Å². The van der Waals surface area contributed by atoms with Gasteiger partial charge in [-0.2, -0.15) is 0 Å². The van der Waals surface area contributed by atoms with Crippen molar-refractivity contribution in [2.75, 3.05) is 26.3 Å². The Labute approximate surface area is 164 Å². The number of benzene rings is 1. The Morgan fingerprint density at radius 3 is 2.86 bits per heavy atom. The second-order valence-electron chi connectivity index (χ2n) is 7.52. The number of ether oxygens (including phenoxy) is 1. The minimum atomic E-state index is -0.101. The fourth-order valence-corrected chi connectivity index (χ4v) is 4.11. The molecule has 148 valence electrons. The van der Waals surface area contributed by atoms with E-state index in [-0.39, 0.29) is 17.9 Å². The largest absolute Gasteiger partial charge is 0.398 e. The summed E-state index contributed by atoms with van der Waals surface area (Å²) < 4.78 is 5.44. The molecule has 0 bridgehead atoms. The molecule has 0 radical (unpaired) electrons. The average molecular weight is 382 g/mol. The molecule has 0 saturated carbocycles. The van der Waals surface area contributed by atoms with Crippen LogP contribution < -0.4 is 11.1 Å². The molecule has 2 saturated heterocycles. The van der Waals surface area contributed by atoms with Crippen LogP contribution in [0.25, 0.3) is 5.70 Å². The second kappa shape index (κ2) is 7.75. The summed E-state index contributed by atoms with van der Waals surface area (Å²) >= 11 is 0. The fraction of sp³-hybridized carbons (Fsp3) is 0.476. The number of nitrogens with one attached hydrogen (secondary N) is 1. The predicted molar refractivity (Wildman–Crippen MR) is 107 cm³/mol. The molecule has 3 aliphatic heterocycles. The van der Waals surface area contributed by atoms with E-state index in [4.69, 9.17) is 15.5 Å². The zero-order valence-corrected chi connectivity index (χ0v) is 16.2. The number of hydrogen-bond donors (Lipinski definition) is 2. The van der Waals surface area contributed by atoms with Gasteiger partial charge in [-0.3, -0.25) is 14.6 Å². The zero-order chi connectivity index (χ0) is 19.7. The third-order valence-electron chi connectivity index (χ3n) is 5.72. The van der Waals surface area contributed by atoms with Gasteiger partial charge in [0.2, 0.25) is 5.91 Å². The first-order valence-corrected chi connectivity index (χ1v) is 9.84. The van der Waals surface area contributed by atoms with Crippen molar-refractivity contribution >= 4 is 23.2 Å². The number of aliphatic imine (C=N–C) groups is 1. The second-order valence-corrected chi connectivity index (χ2v) is 7.52. The molecule has 0 unspecified atom stereocenters. The van der Waals surface area contributed by atoms with Crippen molar-refractivity contribution in [1.82, 2.24) is 10.2 Å². The van der Waals surface area contributed by atoms with Gasteiger partial charge in [0.25, 0.3) is 5.91 Å². The van der Waals surface area contributed by atoms with E-state index in [0.717, 1.165) is 48.5 Å². The summed E-state index contributed by atoms with van der Waals surface area (Å²) in [5, 5.41) is 2.86. The Morgan fingerprint density at radius 1 is 1.32 bits per heavy atom. The molecular weight excluding hydrogens is 356 g/mol. The number of likely N-dealkylation sites (tertiary alicyclic amines) is 1. The molecule has 1 aromatic rings. The number of rotatable bonds is 2. The number of nitrogens with two attached hydrogens (primary N) is 1. The highest BCUT2D eigenvalue weighted by Crippen LogP contribution is 2.28. The highest BCUT2D eigenvalue weighted by molar-refractivity contribution is 6.10. The molecule has 4 rings (SSSR count). The Balaban J connectivity index is 1.77. The summed E-state index contributed by atoms with van der Waals surface area (Å²) in [5.41, 5.74) is 11.3.